The minimum absolute atomic E-state index is 0.0132. The number of hydrogen-bond acceptors (Lipinski definition) is 4. The van der Waals surface area contributed by atoms with Crippen molar-refractivity contribution in [2.75, 3.05) is 13.2 Å². The van der Waals surface area contributed by atoms with Crippen LogP contribution in [0.5, 0.6) is 11.5 Å². The number of nitrogens with zero attached hydrogens (tertiary/aromatic N) is 1. The smallest absolute Gasteiger partial charge is 0.166 e. The number of aromatic nitrogens is 1. The quantitative estimate of drug-likeness (QED) is 0.730. The van der Waals surface area contributed by atoms with Crippen molar-refractivity contribution in [1.29, 1.82) is 5.26 Å². The van der Waals surface area contributed by atoms with Gasteiger partial charge in [0.25, 0.3) is 0 Å². The van der Waals surface area contributed by atoms with Crippen molar-refractivity contribution in [2.24, 2.45) is 0 Å². The summed E-state index contributed by atoms with van der Waals surface area (Å²) in [6.07, 6.45) is 0.888. The van der Waals surface area contributed by atoms with Crippen LogP contribution in [0.4, 0.5) is 4.39 Å². The summed E-state index contributed by atoms with van der Waals surface area (Å²) in [7, 11) is 0. The second-order valence-electron chi connectivity index (χ2n) is 5.23. The summed E-state index contributed by atoms with van der Waals surface area (Å²) in [6.45, 7) is -0.103. The monoisotopic (exact) mass is 326 g/mol. The van der Waals surface area contributed by atoms with Gasteiger partial charge in [-0.1, -0.05) is 6.07 Å². The van der Waals surface area contributed by atoms with E-state index in [-0.39, 0.29) is 24.5 Å². The summed E-state index contributed by atoms with van der Waals surface area (Å²) in [6, 6.07) is 13.2. The van der Waals surface area contributed by atoms with Gasteiger partial charge in [0.2, 0.25) is 0 Å². The van der Waals surface area contributed by atoms with Crippen molar-refractivity contribution >= 4 is 10.9 Å². The zero-order valence-electron chi connectivity index (χ0n) is 12.7. The van der Waals surface area contributed by atoms with Crippen LogP contribution in [-0.2, 0) is 0 Å². The third-order valence-corrected chi connectivity index (χ3v) is 3.48. The average molecular weight is 326 g/mol. The molecule has 0 saturated heterocycles. The second-order valence-corrected chi connectivity index (χ2v) is 5.23. The number of nitrogens with one attached hydrogen (secondary N) is 1. The van der Waals surface area contributed by atoms with E-state index in [1.165, 1.54) is 12.1 Å². The number of halogens is 1. The van der Waals surface area contributed by atoms with E-state index in [1.807, 2.05) is 36.5 Å². The molecule has 0 fully saturated rings. The molecule has 1 atom stereocenters. The third kappa shape index (κ3) is 3.47. The van der Waals surface area contributed by atoms with Gasteiger partial charge in [0.05, 0.1) is 11.6 Å². The number of rotatable bonds is 6. The van der Waals surface area contributed by atoms with Crippen LogP contribution in [0.3, 0.4) is 0 Å². The van der Waals surface area contributed by atoms with E-state index in [2.05, 4.69) is 4.98 Å². The summed E-state index contributed by atoms with van der Waals surface area (Å²) >= 11 is 0. The highest BCUT2D eigenvalue weighted by Gasteiger charge is 2.11. The van der Waals surface area contributed by atoms with E-state index in [4.69, 9.17) is 14.7 Å². The molecule has 5 nitrogen and oxygen atoms in total. The number of H-pyrrole nitrogens is 1. The van der Waals surface area contributed by atoms with E-state index in [0.717, 1.165) is 17.0 Å². The van der Waals surface area contributed by atoms with Crippen LogP contribution in [0.15, 0.2) is 48.7 Å². The molecule has 0 radical (unpaired) electrons. The van der Waals surface area contributed by atoms with Crippen LogP contribution < -0.4 is 9.47 Å². The van der Waals surface area contributed by atoms with Crippen LogP contribution >= 0.6 is 0 Å². The summed E-state index contributed by atoms with van der Waals surface area (Å²) in [5, 5.41) is 19.6. The number of hydrogen-bond donors (Lipinski definition) is 2. The first-order valence-electron chi connectivity index (χ1n) is 7.37. The first-order valence-corrected chi connectivity index (χ1v) is 7.37. The maximum atomic E-state index is 13.7. The van der Waals surface area contributed by atoms with Crippen molar-refractivity contribution in [2.45, 2.75) is 6.10 Å². The Balaban J connectivity index is 1.55. The molecule has 24 heavy (non-hydrogen) atoms. The zero-order valence-corrected chi connectivity index (χ0v) is 12.7. The van der Waals surface area contributed by atoms with Gasteiger partial charge in [-0.25, -0.2) is 4.39 Å². The van der Waals surface area contributed by atoms with Crippen molar-refractivity contribution in [3.05, 3.63) is 60.0 Å². The third-order valence-electron chi connectivity index (χ3n) is 3.48. The Hall–Kier alpha value is -3.04. The number of nitriles is 1. The molecule has 0 saturated carbocycles. The van der Waals surface area contributed by atoms with Crippen molar-refractivity contribution in [3.8, 4) is 17.6 Å². The summed E-state index contributed by atoms with van der Waals surface area (Å²) in [5.74, 6) is -0.00241. The predicted octanol–water partition coefficient (Wildman–Crippen LogP) is 3.00. The predicted molar refractivity (Wildman–Crippen MR) is 86.4 cm³/mol. The molecular formula is C18H15FN2O3. The minimum atomic E-state index is -0.922. The Morgan fingerprint density at radius 2 is 1.92 bits per heavy atom. The SMILES string of the molecule is N#Cc1ccc(OC[C@@H](O)COc2cccc3[nH]ccc23)c(F)c1. The Bertz CT molecular complexity index is 885. The van der Waals surface area contributed by atoms with Crippen LogP contribution in [-0.4, -0.2) is 29.4 Å². The number of aliphatic hydroxyl groups is 1. The lowest BCUT2D eigenvalue weighted by atomic mass is 10.2. The van der Waals surface area contributed by atoms with Gasteiger partial charge in [-0.05, 0) is 36.4 Å². The lowest BCUT2D eigenvalue weighted by Crippen LogP contribution is -2.25. The largest absolute Gasteiger partial charge is 0.490 e. The minimum Gasteiger partial charge on any atom is -0.490 e. The Morgan fingerprint density at radius 1 is 1.12 bits per heavy atom. The highest BCUT2D eigenvalue weighted by molar-refractivity contribution is 5.85. The number of benzene rings is 2. The molecule has 0 aliphatic carbocycles. The first kappa shape index (κ1) is 15.8. The molecule has 0 spiro atoms. The molecule has 0 amide bonds. The first-order chi connectivity index (χ1) is 11.7. The Kier molecular flexibility index (Phi) is 4.64. The molecule has 0 bridgehead atoms. The summed E-state index contributed by atoms with van der Waals surface area (Å²) in [4.78, 5) is 3.08. The van der Waals surface area contributed by atoms with E-state index < -0.39 is 11.9 Å². The fourth-order valence-electron chi connectivity index (χ4n) is 2.29. The average Bonchev–Trinajstić information content (AvgIpc) is 3.08. The summed E-state index contributed by atoms with van der Waals surface area (Å²) < 4.78 is 24.5. The molecule has 0 unspecified atom stereocenters. The molecule has 3 rings (SSSR count). The highest BCUT2D eigenvalue weighted by Crippen LogP contribution is 2.24. The van der Waals surface area contributed by atoms with E-state index in [9.17, 15) is 9.50 Å². The van der Waals surface area contributed by atoms with E-state index in [0.29, 0.717) is 5.75 Å². The lowest BCUT2D eigenvalue weighted by molar-refractivity contribution is 0.0618. The fourth-order valence-corrected chi connectivity index (χ4v) is 2.29. The standard InChI is InChI=1S/C18H15FN2O3/c19-15-8-12(9-20)4-5-18(15)24-11-13(22)10-23-17-3-1-2-16-14(17)6-7-21-16/h1-8,13,21-22H,10-11H2/t13-/m0/s1. The number of aliphatic hydroxyl groups excluding tert-OH is 1. The number of aromatic amines is 1. The molecule has 2 N–H and O–H groups in total. The molecule has 2 aromatic carbocycles. The van der Waals surface area contributed by atoms with Gasteiger partial charge in [0.15, 0.2) is 11.6 Å². The van der Waals surface area contributed by atoms with Gasteiger partial charge in [0.1, 0.15) is 25.1 Å². The fraction of sp³-hybridized carbons (Fsp3) is 0.167. The van der Waals surface area contributed by atoms with Gasteiger partial charge in [-0.15, -0.1) is 0 Å². The normalized spacial score (nSPS) is 11.9. The molecule has 1 heterocycles. The van der Waals surface area contributed by atoms with E-state index >= 15 is 0 Å². The highest BCUT2D eigenvalue weighted by atomic mass is 19.1. The molecule has 0 aliphatic heterocycles. The van der Waals surface area contributed by atoms with Gasteiger partial charge in [0, 0.05) is 17.1 Å². The van der Waals surface area contributed by atoms with Crippen LogP contribution in [0, 0.1) is 17.1 Å². The van der Waals surface area contributed by atoms with Gasteiger partial charge >= 0.3 is 0 Å². The molecular weight excluding hydrogens is 311 g/mol. The Labute approximate surface area is 137 Å². The van der Waals surface area contributed by atoms with E-state index in [1.54, 1.807) is 0 Å². The molecule has 122 valence electrons. The van der Waals surface area contributed by atoms with Gasteiger partial charge < -0.3 is 19.6 Å². The Morgan fingerprint density at radius 3 is 2.67 bits per heavy atom. The van der Waals surface area contributed by atoms with Crippen molar-refractivity contribution < 1.29 is 19.0 Å². The van der Waals surface area contributed by atoms with Crippen molar-refractivity contribution in [1.82, 2.24) is 4.98 Å². The molecule has 6 heteroatoms. The number of fused-ring (bicyclic) bond motifs is 1. The zero-order chi connectivity index (χ0) is 16.9. The van der Waals surface area contributed by atoms with Crippen LogP contribution in [0.1, 0.15) is 5.56 Å². The van der Waals surface area contributed by atoms with Gasteiger partial charge in [-0.2, -0.15) is 5.26 Å². The number of ether oxygens (including phenoxy) is 2. The lowest BCUT2D eigenvalue weighted by Gasteiger charge is -2.14. The summed E-state index contributed by atoms with van der Waals surface area (Å²) in [5.41, 5.74) is 1.15. The molecule has 1 aromatic heterocycles. The molecule has 0 aliphatic rings. The maximum absolute atomic E-state index is 13.7. The van der Waals surface area contributed by atoms with Crippen molar-refractivity contribution in [3.63, 3.8) is 0 Å². The van der Waals surface area contributed by atoms with Crippen LogP contribution in [0.2, 0.25) is 0 Å². The molecule has 3 aromatic rings. The maximum Gasteiger partial charge on any atom is 0.166 e. The van der Waals surface area contributed by atoms with Gasteiger partial charge in [-0.3, -0.25) is 0 Å². The topological polar surface area (TPSA) is 78.3 Å². The van der Waals surface area contributed by atoms with Crippen LogP contribution in [0.25, 0.3) is 10.9 Å². The second kappa shape index (κ2) is 7.02.